The Kier molecular flexibility index (Phi) is 17.2. The highest BCUT2D eigenvalue weighted by atomic mass is 35.5. The number of amides is 1. The molecule has 0 aromatic heterocycles. The van der Waals surface area contributed by atoms with Crippen molar-refractivity contribution in [2.24, 2.45) is 11.8 Å². The van der Waals surface area contributed by atoms with Gasteiger partial charge in [-0.25, -0.2) is 13.1 Å². The number of benzene rings is 4. The maximum Gasteiger partial charge on any atom is 0.264 e. The molecule has 0 saturated heterocycles. The van der Waals surface area contributed by atoms with Crippen LogP contribution in [-0.2, 0) is 27.5 Å². The minimum atomic E-state index is -4.20. The number of ether oxygens (including phenoxy) is 1. The van der Waals surface area contributed by atoms with Crippen molar-refractivity contribution < 1.29 is 27.5 Å². The van der Waals surface area contributed by atoms with E-state index in [0.29, 0.717) is 36.9 Å². The smallest absolute Gasteiger partial charge is 0.264 e. The molecule has 0 bridgehead atoms. The van der Waals surface area contributed by atoms with Crippen LogP contribution in [0.1, 0.15) is 114 Å². The summed E-state index contributed by atoms with van der Waals surface area (Å²) in [5.74, 6) is 0.291. The molecule has 5 atom stereocenters. The zero-order valence-corrected chi connectivity index (χ0v) is 41.1. The van der Waals surface area contributed by atoms with Crippen LogP contribution in [-0.4, -0.2) is 58.3 Å². The monoisotopic (exact) mass is 924 g/mol. The summed E-state index contributed by atoms with van der Waals surface area (Å²) in [6, 6.07) is 31.7. The molecule has 1 aliphatic carbocycles. The Labute approximate surface area is 389 Å². The van der Waals surface area contributed by atoms with E-state index < -0.39 is 41.7 Å². The zero-order chi connectivity index (χ0) is 45.9. The van der Waals surface area contributed by atoms with Gasteiger partial charge >= 0.3 is 0 Å². The van der Waals surface area contributed by atoms with Crippen molar-refractivity contribution in [3.8, 4) is 5.75 Å². The van der Waals surface area contributed by atoms with Gasteiger partial charge in [-0.1, -0.05) is 131 Å². The van der Waals surface area contributed by atoms with E-state index in [9.17, 15) is 18.3 Å². The lowest BCUT2D eigenvalue weighted by molar-refractivity contribution is 0.0461. The molecule has 0 spiro atoms. The highest BCUT2D eigenvalue weighted by Gasteiger charge is 2.51. The highest BCUT2D eigenvalue weighted by Crippen LogP contribution is 2.41. The summed E-state index contributed by atoms with van der Waals surface area (Å²) in [7, 11) is -7.19. The van der Waals surface area contributed by atoms with Crippen LogP contribution >= 0.6 is 11.6 Å². The first-order valence-electron chi connectivity index (χ1n) is 23.3. The minimum Gasteiger partial charge on any atom is -0.487 e. The van der Waals surface area contributed by atoms with E-state index in [1.807, 2.05) is 67.6 Å². The lowest BCUT2D eigenvalue weighted by Gasteiger charge is -2.45. The molecule has 11 heteroatoms. The van der Waals surface area contributed by atoms with Crippen molar-refractivity contribution in [3.63, 3.8) is 0 Å². The molecular formula is C53H69ClN2O6SSi. The average molecular weight is 926 g/mol. The van der Waals surface area contributed by atoms with Crippen LogP contribution in [0.3, 0.4) is 0 Å². The SMILES string of the molecule is C=CCC[C@H](C[C@H](C)O[Si](c1ccccc1)(c1ccccc1)C(C)(C)C)S(=O)(=O)NC(=O)c1ccc2c(c1)N(C[C@@H]1CC[C@H]1C(O)/C=C/CCC)CCCCc1cc(Cl)ccc1CO2. The second kappa shape index (κ2) is 22.3. The largest absolute Gasteiger partial charge is 0.487 e. The van der Waals surface area contributed by atoms with Gasteiger partial charge in [-0.05, 0) is 133 Å². The van der Waals surface area contributed by atoms with Gasteiger partial charge in [-0.15, -0.1) is 6.58 Å². The number of fused-ring (bicyclic) bond motifs is 2. The number of rotatable bonds is 18. The standard InChI is InChI=1S/C53H69ClN2O6SSi/c1-7-9-13-26-50(57)48-31-28-42(48)37-56-33-19-18-20-40-35-44(54)30-27-43(40)38-61-51-32-29-41(36-49(51)56)52(58)55-63(59,60)45(21-10-8-2)34-39(3)62-64(53(4,5)6,46-22-14-11-15-23-46)47-24-16-12-17-25-47/h8,11-17,22-27,29-30,32,35-36,39,42,45,48,50,57H,2,7,9-10,18-21,28,31,33-34,37-38H2,1,3-6H3,(H,55,58)/b26-13+/t39-,42-,45+,48+,50?/m0/s1. The molecule has 1 heterocycles. The summed E-state index contributed by atoms with van der Waals surface area (Å²) in [5, 5.41) is 12.8. The second-order valence-corrected chi connectivity index (χ2v) is 25.4. The Bertz CT molecular complexity index is 2260. The Morgan fingerprint density at radius 1 is 0.984 bits per heavy atom. The van der Waals surface area contributed by atoms with Crippen molar-refractivity contribution >= 4 is 51.9 Å². The summed E-state index contributed by atoms with van der Waals surface area (Å²) in [6.07, 6.45) is 12.2. The van der Waals surface area contributed by atoms with Crippen molar-refractivity contribution in [1.82, 2.24) is 4.72 Å². The Morgan fingerprint density at radius 2 is 1.69 bits per heavy atom. The van der Waals surface area contributed by atoms with Gasteiger partial charge in [0.25, 0.3) is 14.2 Å². The average Bonchev–Trinajstić information content (AvgIpc) is 3.29. The number of aryl methyl sites for hydroxylation is 1. The van der Waals surface area contributed by atoms with Gasteiger partial charge < -0.3 is 19.2 Å². The first-order valence-corrected chi connectivity index (χ1v) is 27.1. The topological polar surface area (TPSA) is 105 Å². The van der Waals surface area contributed by atoms with E-state index >= 15 is 0 Å². The Morgan fingerprint density at radius 3 is 2.31 bits per heavy atom. The van der Waals surface area contributed by atoms with Gasteiger partial charge in [0, 0.05) is 29.8 Å². The van der Waals surface area contributed by atoms with E-state index in [1.165, 1.54) is 0 Å². The van der Waals surface area contributed by atoms with Gasteiger partial charge in [0.05, 0.1) is 17.0 Å². The number of aliphatic hydroxyl groups is 1. The number of nitrogens with one attached hydrogen (secondary N) is 1. The van der Waals surface area contributed by atoms with Crippen LogP contribution in [0.2, 0.25) is 10.1 Å². The first kappa shape index (κ1) is 49.2. The van der Waals surface area contributed by atoms with E-state index in [4.69, 9.17) is 20.8 Å². The number of nitrogens with zero attached hydrogens (tertiary/aromatic N) is 1. The van der Waals surface area contributed by atoms with Crippen LogP contribution in [0.4, 0.5) is 5.69 Å². The van der Waals surface area contributed by atoms with Crippen molar-refractivity contribution in [2.75, 3.05) is 18.0 Å². The quantitative estimate of drug-likeness (QED) is 0.0756. The molecule has 0 radical (unpaired) electrons. The maximum atomic E-state index is 14.5. The van der Waals surface area contributed by atoms with Crippen molar-refractivity contribution in [1.29, 1.82) is 0 Å². The molecule has 1 fully saturated rings. The van der Waals surface area contributed by atoms with Gasteiger partial charge in [0.15, 0.2) is 0 Å². The number of hydrogen-bond acceptors (Lipinski definition) is 7. The van der Waals surface area contributed by atoms with Gasteiger partial charge in [0.1, 0.15) is 12.4 Å². The fourth-order valence-electron chi connectivity index (χ4n) is 9.57. The van der Waals surface area contributed by atoms with Gasteiger partial charge in [-0.3, -0.25) is 4.79 Å². The molecule has 4 aromatic carbocycles. The number of sulfonamides is 1. The van der Waals surface area contributed by atoms with Crippen LogP contribution in [0.5, 0.6) is 5.75 Å². The number of anilines is 1. The fourth-order valence-corrected chi connectivity index (χ4v) is 16.0. The second-order valence-electron chi connectivity index (χ2n) is 18.8. The summed E-state index contributed by atoms with van der Waals surface area (Å²) in [6.45, 7) is 16.3. The third-order valence-corrected chi connectivity index (χ3v) is 20.3. The molecule has 8 nitrogen and oxygen atoms in total. The predicted molar refractivity (Wildman–Crippen MR) is 266 cm³/mol. The van der Waals surface area contributed by atoms with E-state index in [-0.39, 0.29) is 35.3 Å². The molecule has 4 aromatic rings. The lowest BCUT2D eigenvalue weighted by Crippen LogP contribution is -2.67. The normalized spacial score (nSPS) is 18.6. The summed E-state index contributed by atoms with van der Waals surface area (Å²) in [4.78, 5) is 16.6. The molecular weight excluding hydrogens is 856 g/mol. The number of unbranched alkanes of at least 4 members (excludes halogenated alkanes) is 1. The van der Waals surface area contributed by atoms with Gasteiger partial charge in [-0.2, -0.15) is 0 Å². The summed E-state index contributed by atoms with van der Waals surface area (Å²) >= 11 is 6.42. The van der Waals surface area contributed by atoms with Crippen molar-refractivity contribution in [2.45, 2.75) is 128 Å². The first-order chi connectivity index (χ1) is 30.7. The number of carbonyl (C=O) groups is 1. The fraction of sp³-hybridized carbons (Fsp3) is 0.453. The number of hydrogen-bond donors (Lipinski definition) is 2. The van der Waals surface area contributed by atoms with E-state index in [2.05, 4.69) is 74.2 Å². The number of allylic oxidation sites excluding steroid dienone is 2. The Hall–Kier alpha value is -4.19. The third-order valence-electron chi connectivity index (χ3n) is 13.2. The molecule has 1 saturated carbocycles. The molecule has 1 unspecified atom stereocenters. The van der Waals surface area contributed by atoms with Crippen LogP contribution < -0.4 is 24.7 Å². The van der Waals surface area contributed by atoms with E-state index in [1.54, 1.807) is 24.3 Å². The Balaban J connectivity index is 1.28. The van der Waals surface area contributed by atoms with Crippen LogP contribution in [0.15, 0.2) is 122 Å². The highest BCUT2D eigenvalue weighted by molar-refractivity contribution is 7.90. The zero-order valence-electron chi connectivity index (χ0n) is 38.5. The summed E-state index contributed by atoms with van der Waals surface area (Å²) < 4.78 is 45.3. The maximum absolute atomic E-state index is 14.5. The van der Waals surface area contributed by atoms with Crippen LogP contribution in [0, 0.1) is 11.8 Å². The molecule has 6 rings (SSSR count). The molecule has 2 aliphatic rings. The number of halogens is 1. The van der Waals surface area contributed by atoms with Crippen LogP contribution in [0.25, 0.3) is 0 Å². The third kappa shape index (κ3) is 12.0. The number of carbonyl (C=O) groups excluding carboxylic acids is 1. The molecule has 1 aliphatic heterocycles. The van der Waals surface area contributed by atoms with Gasteiger partial charge in [0.2, 0.25) is 10.0 Å². The van der Waals surface area contributed by atoms with Crippen molar-refractivity contribution in [3.05, 3.63) is 144 Å². The molecule has 1 amide bonds. The predicted octanol–water partition coefficient (Wildman–Crippen LogP) is 10.6. The minimum absolute atomic E-state index is 0.133. The molecule has 2 N–H and O–H groups in total. The molecule has 64 heavy (non-hydrogen) atoms. The summed E-state index contributed by atoms with van der Waals surface area (Å²) in [5.41, 5.74) is 3.17. The number of aliphatic hydroxyl groups excluding tert-OH is 1. The molecule has 344 valence electrons. The van der Waals surface area contributed by atoms with E-state index in [0.717, 1.165) is 72.1 Å². The lowest BCUT2D eigenvalue weighted by atomic mass is 9.70.